The van der Waals surface area contributed by atoms with Gasteiger partial charge in [0.25, 0.3) is 0 Å². The van der Waals surface area contributed by atoms with Crippen LogP contribution in [-0.4, -0.2) is 33.7 Å². The summed E-state index contributed by atoms with van der Waals surface area (Å²) in [7, 11) is 1.26. The van der Waals surface area contributed by atoms with Crippen molar-refractivity contribution in [3.63, 3.8) is 0 Å². The van der Waals surface area contributed by atoms with Crippen LogP contribution < -0.4 is 0 Å². The van der Waals surface area contributed by atoms with Gasteiger partial charge in [0.15, 0.2) is 0 Å². The number of aromatic nitrogens is 4. The number of nitrogens with zero attached hydrogens (tertiary/aromatic N) is 3. The van der Waals surface area contributed by atoms with Crippen LogP contribution in [0.4, 0.5) is 0 Å². The van der Waals surface area contributed by atoms with E-state index in [4.69, 9.17) is 0 Å². The molecule has 0 aliphatic heterocycles. The number of ether oxygens (including phenoxy) is 1. The van der Waals surface area contributed by atoms with E-state index >= 15 is 0 Å². The van der Waals surface area contributed by atoms with Crippen LogP contribution in [0.2, 0.25) is 0 Å². The second-order valence-corrected chi connectivity index (χ2v) is 1.71. The van der Waals surface area contributed by atoms with Crippen LogP contribution >= 0.6 is 0 Å². The Morgan fingerprint density at radius 1 is 1.73 bits per heavy atom. The molecule has 6 heteroatoms. The van der Waals surface area contributed by atoms with Crippen LogP contribution in [0.5, 0.6) is 0 Å². The topological polar surface area (TPSA) is 80.8 Å². The third-order valence-electron chi connectivity index (χ3n) is 1.05. The molecular formula is C5H6N4O2. The van der Waals surface area contributed by atoms with Crippen LogP contribution in [0, 0.1) is 0 Å². The highest BCUT2D eigenvalue weighted by Crippen LogP contribution is 2.04. The molecule has 58 valence electrons. The maximum Gasteiger partial charge on any atom is 0.341 e. The van der Waals surface area contributed by atoms with E-state index in [0.29, 0.717) is 0 Å². The van der Waals surface area contributed by atoms with Crippen LogP contribution in [0.3, 0.4) is 0 Å². The average Bonchev–Trinajstić information content (AvgIpc) is 2.53. The van der Waals surface area contributed by atoms with E-state index < -0.39 is 5.97 Å². The molecule has 0 amide bonds. The van der Waals surface area contributed by atoms with E-state index in [-0.39, 0.29) is 11.4 Å². The summed E-state index contributed by atoms with van der Waals surface area (Å²) in [4.78, 5) is 10.8. The highest BCUT2D eigenvalue weighted by molar-refractivity contribution is 6.14. The molecule has 6 nitrogen and oxygen atoms in total. The molecule has 1 N–H and O–H groups in total. The molecule has 1 aromatic rings. The minimum Gasteiger partial charge on any atom is -0.465 e. The molecule has 0 aliphatic carbocycles. The van der Waals surface area contributed by atoms with Crippen LogP contribution in [0.25, 0.3) is 5.57 Å². The molecule has 0 aliphatic rings. The molecule has 1 rings (SSSR count). The Morgan fingerprint density at radius 2 is 2.45 bits per heavy atom. The number of nitrogens with one attached hydrogen (secondary N) is 1. The van der Waals surface area contributed by atoms with Gasteiger partial charge in [-0.3, -0.25) is 0 Å². The first-order valence-corrected chi connectivity index (χ1v) is 2.76. The van der Waals surface area contributed by atoms with E-state index in [1.807, 2.05) is 0 Å². The van der Waals surface area contributed by atoms with E-state index in [9.17, 15) is 4.79 Å². The molecule has 0 spiro atoms. The molecule has 0 aromatic carbocycles. The number of methoxy groups -OCH3 is 1. The first kappa shape index (κ1) is 7.39. The Morgan fingerprint density at radius 3 is 2.91 bits per heavy atom. The van der Waals surface area contributed by atoms with Gasteiger partial charge in [-0.15, -0.1) is 10.2 Å². The Kier molecular flexibility index (Phi) is 1.95. The lowest BCUT2D eigenvalue weighted by molar-refractivity contribution is -0.133. The van der Waals surface area contributed by atoms with E-state index in [2.05, 4.69) is 31.9 Å². The number of carbonyl (C=O) groups excluding carboxylic acids is 1. The second kappa shape index (κ2) is 2.91. The smallest absolute Gasteiger partial charge is 0.341 e. The fourth-order valence-corrected chi connectivity index (χ4v) is 0.504. The molecule has 0 unspecified atom stereocenters. The lowest BCUT2D eigenvalue weighted by Crippen LogP contribution is -2.03. The number of carbonyl (C=O) groups is 1. The van der Waals surface area contributed by atoms with Gasteiger partial charge in [0.05, 0.1) is 7.11 Å². The summed E-state index contributed by atoms with van der Waals surface area (Å²) in [5, 5.41) is 12.5. The lowest BCUT2D eigenvalue weighted by Gasteiger charge is -1.95. The standard InChI is InChI=1S/C5H6N4O2/c1-3(5(10)11-2)4-6-8-9-7-4/h1H2,2H3,(H,6,7,8,9). The quantitative estimate of drug-likeness (QED) is 0.453. The molecular weight excluding hydrogens is 148 g/mol. The van der Waals surface area contributed by atoms with Crippen molar-refractivity contribution in [1.29, 1.82) is 0 Å². The summed E-state index contributed by atoms with van der Waals surface area (Å²) in [6.45, 7) is 3.41. The maximum absolute atomic E-state index is 10.8. The van der Waals surface area contributed by atoms with Gasteiger partial charge in [-0.05, 0) is 5.21 Å². The van der Waals surface area contributed by atoms with Gasteiger partial charge < -0.3 is 4.74 Å². The van der Waals surface area contributed by atoms with Crippen LogP contribution in [-0.2, 0) is 9.53 Å². The Hall–Kier alpha value is -1.72. The van der Waals surface area contributed by atoms with Gasteiger partial charge in [-0.25, -0.2) is 4.79 Å². The van der Waals surface area contributed by atoms with Gasteiger partial charge in [0.1, 0.15) is 5.57 Å². The van der Waals surface area contributed by atoms with Crippen LogP contribution in [0.15, 0.2) is 6.58 Å². The van der Waals surface area contributed by atoms with Crippen molar-refractivity contribution < 1.29 is 9.53 Å². The fourth-order valence-electron chi connectivity index (χ4n) is 0.504. The van der Waals surface area contributed by atoms with Gasteiger partial charge in [0, 0.05) is 0 Å². The van der Waals surface area contributed by atoms with Crippen molar-refractivity contribution >= 4 is 11.5 Å². The summed E-state index contributed by atoms with van der Waals surface area (Å²) in [5.41, 5.74) is 0.0845. The second-order valence-electron chi connectivity index (χ2n) is 1.71. The largest absolute Gasteiger partial charge is 0.465 e. The zero-order valence-corrected chi connectivity index (χ0v) is 5.87. The number of hydrogen-bond acceptors (Lipinski definition) is 5. The monoisotopic (exact) mass is 154 g/mol. The molecule has 11 heavy (non-hydrogen) atoms. The first-order chi connectivity index (χ1) is 5.25. The number of hydrogen-bond donors (Lipinski definition) is 1. The zero-order chi connectivity index (χ0) is 8.27. The SMILES string of the molecule is C=C(C(=O)OC)c1nn[nH]n1. The number of tetrazole rings is 1. The van der Waals surface area contributed by atoms with E-state index in [0.717, 1.165) is 0 Å². The lowest BCUT2D eigenvalue weighted by atomic mass is 10.3. The number of esters is 1. The van der Waals surface area contributed by atoms with E-state index in [1.165, 1.54) is 7.11 Å². The van der Waals surface area contributed by atoms with Crippen molar-refractivity contribution in [3.05, 3.63) is 12.4 Å². The Labute approximate surface area is 62.3 Å². The summed E-state index contributed by atoms with van der Waals surface area (Å²) < 4.78 is 4.38. The number of H-pyrrole nitrogens is 1. The van der Waals surface area contributed by atoms with E-state index in [1.54, 1.807) is 0 Å². The van der Waals surface area contributed by atoms with Crippen molar-refractivity contribution in [1.82, 2.24) is 20.6 Å². The average molecular weight is 154 g/mol. The molecule has 1 heterocycles. The Balaban J connectivity index is 2.79. The van der Waals surface area contributed by atoms with Crippen LogP contribution in [0.1, 0.15) is 5.82 Å². The summed E-state index contributed by atoms with van der Waals surface area (Å²) in [6, 6.07) is 0. The highest BCUT2D eigenvalue weighted by atomic mass is 16.5. The molecule has 0 radical (unpaired) electrons. The summed E-state index contributed by atoms with van der Waals surface area (Å²) in [5.74, 6) is -0.414. The summed E-state index contributed by atoms with van der Waals surface area (Å²) in [6.07, 6.45) is 0. The third kappa shape index (κ3) is 1.40. The van der Waals surface area contributed by atoms with Crippen molar-refractivity contribution in [3.8, 4) is 0 Å². The predicted molar refractivity (Wildman–Crippen MR) is 35.2 cm³/mol. The van der Waals surface area contributed by atoms with Crippen molar-refractivity contribution in [2.24, 2.45) is 0 Å². The van der Waals surface area contributed by atoms with Crippen molar-refractivity contribution in [2.45, 2.75) is 0 Å². The molecule has 0 saturated carbocycles. The predicted octanol–water partition coefficient (Wildman–Crippen LogP) is -0.614. The first-order valence-electron chi connectivity index (χ1n) is 2.76. The van der Waals surface area contributed by atoms with Gasteiger partial charge >= 0.3 is 5.97 Å². The minimum absolute atomic E-state index is 0.0845. The Bertz CT molecular complexity index is 266. The molecule has 0 fully saturated rings. The van der Waals surface area contributed by atoms with Crippen molar-refractivity contribution in [2.75, 3.05) is 7.11 Å². The normalized spacial score (nSPS) is 9.18. The third-order valence-corrected chi connectivity index (χ3v) is 1.05. The molecule has 1 aromatic heterocycles. The molecule has 0 saturated heterocycles. The molecule has 0 bridgehead atoms. The minimum atomic E-state index is -0.564. The number of aromatic amines is 1. The number of rotatable bonds is 2. The summed E-state index contributed by atoms with van der Waals surface area (Å²) >= 11 is 0. The van der Waals surface area contributed by atoms with Gasteiger partial charge in [0.2, 0.25) is 5.82 Å². The highest BCUT2D eigenvalue weighted by Gasteiger charge is 2.12. The van der Waals surface area contributed by atoms with Gasteiger partial charge in [-0.1, -0.05) is 6.58 Å². The van der Waals surface area contributed by atoms with Gasteiger partial charge in [-0.2, -0.15) is 5.21 Å². The fraction of sp³-hybridized carbons (Fsp3) is 0.200. The maximum atomic E-state index is 10.8. The zero-order valence-electron chi connectivity index (χ0n) is 5.87. The molecule has 0 atom stereocenters.